The molecule has 0 unspecified atom stereocenters. The Morgan fingerprint density at radius 3 is 2.78 bits per heavy atom. The first-order valence-electron chi connectivity index (χ1n) is 7.31. The number of nitrogens with one attached hydrogen (secondary N) is 1. The van der Waals surface area contributed by atoms with E-state index in [2.05, 4.69) is 10.5 Å². The van der Waals surface area contributed by atoms with Crippen LogP contribution in [0.25, 0.3) is 0 Å². The van der Waals surface area contributed by atoms with Crippen LogP contribution in [0.4, 0.5) is 0 Å². The van der Waals surface area contributed by atoms with E-state index in [-0.39, 0.29) is 5.91 Å². The third-order valence-corrected chi connectivity index (χ3v) is 3.77. The number of hydrogen-bond acceptors (Lipinski definition) is 5. The molecule has 1 atom stereocenters. The van der Waals surface area contributed by atoms with Crippen molar-refractivity contribution in [3.05, 3.63) is 54.0 Å². The smallest absolute Gasteiger partial charge is 0.267 e. The van der Waals surface area contributed by atoms with E-state index < -0.39 is 5.60 Å². The maximum atomic E-state index is 12.4. The zero-order chi connectivity index (χ0) is 16.3. The second-order valence-electron chi connectivity index (χ2n) is 5.53. The number of carbonyl (C=O) groups is 1. The molecule has 2 heterocycles. The van der Waals surface area contributed by atoms with Gasteiger partial charge in [-0.15, -0.1) is 0 Å². The molecule has 0 fully saturated rings. The quantitative estimate of drug-likeness (QED) is 0.920. The molecule has 120 valence electrons. The highest BCUT2D eigenvalue weighted by atomic mass is 16.7. The molecule has 2 aromatic rings. The molecular weight excluding hydrogens is 296 g/mol. The summed E-state index contributed by atoms with van der Waals surface area (Å²) in [5.74, 6) is 1.24. The monoisotopic (exact) mass is 314 g/mol. The molecule has 1 amide bonds. The van der Waals surface area contributed by atoms with Gasteiger partial charge in [0.15, 0.2) is 0 Å². The van der Waals surface area contributed by atoms with Gasteiger partial charge in [0.05, 0.1) is 25.6 Å². The summed E-state index contributed by atoms with van der Waals surface area (Å²) in [5.41, 5.74) is 0.638. The molecule has 1 aliphatic rings. The van der Waals surface area contributed by atoms with E-state index in [1.807, 2.05) is 24.3 Å². The summed E-state index contributed by atoms with van der Waals surface area (Å²) in [6, 6.07) is 11.1. The Morgan fingerprint density at radius 2 is 2.13 bits per heavy atom. The van der Waals surface area contributed by atoms with E-state index in [1.54, 1.807) is 32.4 Å². The van der Waals surface area contributed by atoms with Crippen molar-refractivity contribution in [1.29, 1.82) is 0 Å². The lowest BCUT2D eigenvalue weighted by atomic mass is 9.95. The minimum atomic E-state index is -1.01. The first-order chi connectivity index (χ1) is 11.1. The fourth-order valence-electron chi connectivity index (χ4n) is 2.37. The van der Waals surface area contributed by atoms with Gasteiger partial charge in [-0.25, -0.2) is 0 Å². The lowest BCUT2D eigenvalue weighted by Gasteiger charge is -2.20. The fourth-order valence-corrected chi connectivity index (χ4v) is 2.37. The predicted octanol–water partition coefficient (Wildman–Crippen LogP) is 2.49. The topological polar surface area (TPSA) is 73.1 Å². The van der Waals surface area contributed by atoms with Crippen molar-refractivity contribution in [2.45, 2.75) is 25.5 Å². The Balaban J connectivity index is 1.62. The Hall–Kier alpha value is -2.76. The molecule has 0 bridgehead atoms. The van der Waals surface area contributed by atoms with Crippen LogP contribution in [0.3, 0.4) is 0 Å². The Bertz CT molecular complexity index is 707. The number of rotatable bonds is 5. The predicted molar refractivity (Wildman–Crippen MR) is 84.2 cm³/mol. The van der Waals surface area contributed by atoms with Gasteiger partial charge in [-0.2, -0.15) is 0 Å². The van der Waals surface area contributed by atoms with Gasteiger partial charge in [0.2, 0.25) is 5.60 Å². The van der Waals surface area contributed by atoms with Crippen LogP contribution in [-0.4, -0.2) is 24.3 Å². The maximum Gasteiger partial charge on any atom is 0.267 e. The van der Waals surface area contributed by atoms with Gasteiger partial charge in [-0.3, -0.25) is 4.79 Å². The molecule has 0 spiro atoms. The summed E-state index contributed by atoms with van der Waals surface area (Å²) < 4.78 is 10.3. The fraction of sp³-hybridized carbons (Fsp3) is 0.294. The number of furan rings is 1. The van der Waals surface area contributed by atoms with Crippen LogP contribution >= 0.6 is 0 Å². The van der Waals surface area contributed by atoms with Gasteiger partial charge in [0, 0.05) is 6.42 Å². The lowest BCUT2D eigenvalue weighted by molar-refractivity contribution is -0.141. The second kappa shape index (κ2) is 6.16. The first-order valence-corrected chi connectivity index (χ1v) is 7.31. The highest BCUT2D eigenvalue weighted by molar-refractivity contribution is 6.05. The molecule has 0 saturated heterocycles. The van der Waals surface area contributed by atoms with E-state index in [0.29, 0.717) is 18.7 Å². The number of ether oxygens (including phenoxy) is 1. The molecule has 0 aliphatic carbocycles. The molecule has 3 rings (SSSR count). The van der Waals surface area contributed by atoms with E-state index >= 15 is 0 Å². The van der Waals surface area contributed by atoms with Crippen LogP contribution in [0.1, 0.15) is 24.7 Å². The summed E-state index contributed by atoms with van der Waals surface area (Å²) >= 11 is 0. The minimum Gasteiger partial charge on any atom is -0.497 e. The molecule has 6 heteroatoms. The maximum absolute atomic E-state index is 12.4. The third kappa shape index (κ3) is 3.21. The van der Waals surface area contributed by atoms with Crippen LogP contribution in [-0.2, 0) is 16.2 Å². The van der Waals surface area contributed by atoms with Gasteiger partial charge >= 0.3 is 0 Å². The largest absolute Gasteiger partial charge is 0.497 e. The molecule has 0 saturated carbocycles. The number of hydrogen-bond donors (Lipinski definition) is 1. The van der Waals surface area contributed by atoms with Gasteiger partial charge in [-0.1, -0.05) is 5.16 Å². The van der Waals surface area contributed by atoms with Crippen LogP contribution in [0.2, 0.25) is 0 Å². The zero-order valence-electron chi connectivity index (χ0n) is 13.0. The standard InChI is InChI=1S/C17H18N2O4/c1-17(16(20)18-11-14-4-3-9-22-14)10-15(19-23-17)12-5-7-13(21-2)8-6-12/h3-9H,10-11H2,1-2H3,(H,18,20)/t17-/m0/s1. The van der Waals surface area contributed by atoms with Crippen molar-refractivity contribution in [2.24, 2.45) is 5.16 Å². The van der Waals surface area contributed by atoms with E-state index in [4.69, 9.17) is 14.0 Å². The SMILES string of the molecule is COc1ccc(C2=NO[C@](C)(C(=O)NCc3ccco3)C2)cc1. The Kier molecular flexibility index (Phi) is 4.06. The summed E-state index contributed by atoms with van der Waals surface area (Å²) in [4.78, 5) is 17.8. The highest BCUT2D eigenvalue weighted by Crippen LogP contribution is 2.27. The van der Waals surface area contributed by atoms with Crippen LogP contribution in [0.15, 0.2) is 52.2 Å². The molecule has 6 nitrogen and oxygen atoms in total. The van der Waals surface area contributed by atoms with Crippen molar-refractivity contribution in [3.8, 4) is 5.75 Å². The van der Waals surface area contributed by atoms with Crippen molar-refractivity contribution in [2.75, 3.05) is 7.11 Å². The lowest BCUT2D eigenvalue weighted by Crippen LogP contribution is -2.44. The van der Waals surface area contributed by atoms with Gasteiger partial charge in [0.25, 0.3) is 5.91 Å². The second-order valence-corrected chi connectivity index (χ2v) is 5.53. The number of carbonyl (C=O) groups excluding carboxylic acids is 1. The average Bonchev–Trinajstić information content (AvgIpc) is 3.23. The molecular formula is C17H18N2O4. The van der Waals surface area contributed by atoms with Crippen molar-refractivity contribution in [3.63, 3.8) is 0 Å². The normalized spacial score (nSPS) is 19.8. The average molecular weight is 314 g/mol. The van der Waals surface area contributed by atoms with Crippen molar-refractivity contribution >= 4 is 11.6 Å². The van der Waals surface area contributed by atoms with Crippen LogP contribution < -0.4 is 10.1 Å². The molecule has 1 aromatic carbocycles. The Labute approximate surface area is 134 Å². The van der Waals surface area contributed by atoms with Crippen LogP contribution in [0, 0.1) is 0 Å². The number of methoxy groups -OCH3 is 1. The van der Waals surface area contributed by atoms with Crippen molar-refractivity contribution < 1.29 is 18.8 Å². The first kappa shape index (κ1) is 15.1. The Morgan fingerprint density at radius 1 is 1.35 bits per heavy atom. The van der Waals surface area contributed by atoms with E-state index in [0.717, 1.165) is 17.0 Å². The molecule has 0 radical (unpaired) electrons. The summed E-state index contributed by atoms with van der Waals surface area (Å²) in [7, 11) is 1.62. The van der Waals surface area contributed by atoms with E-state index in [1.165, 1.54) is 0 Å². The molecule has 1 N–H and O–H groups in total. The zero-order valence-corrected chi connectivity index (χ0v) is 13.0. The van der Waals surface area contributed by atoms with Crippen molar-refractivity contribution in [1.82, 2.24) is 5.32 Å². The number of benzene rings is 1. The van der Waals surface area contributed by atoms with Gasteiger partial charge in [-0.05, 0) is 48.9 Å². The molecule has 1 aliphatic heterocycles. The summed E-state index contributed by atoms with van der Waals surface area (Å²) in [5, 5.41) is 6.88. The van der Waals surface area contributed by atoms with E-state index in [9.17, 15) is 4.79 Å². The minimum absolute atomic E-state index is 0.221. The molecule has 1 aromatic heterocycles. The number of nitrogens with zero attached hydrogens (tertiary/aromatic N) is 1. The summed E-state index contributed by atoms with van der Waals surface area (Å²) in [6.45, 7) is 2.05. The van der Waals surface area contributed by atoms with Gasteiger partial charge < -0.3 is 19.3 Å². The highest BCUT2D eigenvalue weighted by Gasteiger charge is 2.42. The van der Waals surface area contributed by atoms with Gasteiger partial charge in [0.1, 0.15) is 11.5 Å². The number of amides is 1. The summed E-state index contributed by atoms with van der Waals surface area (Å²) in [6.07, 6.45) is 1.98. The third-order valence-electron chi connectivity index (χ3n) is 3.77. The number of oxime groups is 1. The molecule has 23 heavy (non-hydrogen) atoms. The van der Waals surface area contributed by atoms with Crippen LogP contribution in [0.5, 0.6) is 5.75 Å².